The van der Waals surface area contributed by atoms with E-state index in [-0.39, 0.29) is 5.91 Å². The molecule has 27 heavy (non-hydrogen) atoms. The van der Waals surface area contributed by atoms with Gasteiger partial charge in [0.2, 0.25) is 0 Å². The molecule has 1 N–H and O–H groups in total. The highest BCUT2D eigenvalue weighted by Gasteiger charge is 2.17. The molecule has 1 atom stereocenters. The van der Waals surface area contributed by atoms with Gasteiger partial charge in [0, 0.05) is 24.5 Å². The first kappa shape index (κ1) is 19.1. The largest absolute Gasteiger partial charge is 0.497 e. The Labute approximate surface area is 161 Å². The molecule has 5 nitrogen and oxygen atoms in total. The number of ether oxygens (including phenoxy) is 2. The monoisotopic (exact) mass is 368 g/mol. The Kier molecular flexibility index (Phi) is 6.22. The van der Waals surface area contributed by atoms with Crippen LogP contribution in [-0.2, 0) is 4.79 Å². The highest BCUT2D eigenvalue weighted by atomic mass is 16.5. The molecule has 1 amide bonds. The quantitative estimate of drug-likeness (QED) is 0.824. The van der Waals surface area contributed by atoms with Gasteiger partial charge in [0.1, 0.15) is 11.5 Å². The minimum atomic E-state index is -0.596. The van der Waals surface area contributed by atoms with E-state index in [0.717, 1.165) is 30.4 Å². The second kappa shape index (κ2) is 8.80. The molecule has 0 radical (unpaired) electrons. The van der Waals surface area contributed by atoms with E-state index in [0.29, 0.717) is 5.75 Å². The molecule has 0 saturated carbocycles. The Bertz CT molecular complexity index is 735. The number of amides is 1. The van der Waals surface area contributed by atoms with Gasteiger partial charge >= 0.3 is 0 Å². The van der Waals surface area contributed by atoms with Crippen LogP contribution in [0.5, 0.6) is 11.5 Å². The molecule has 0 aliphatic carbocycles. The predicted molar refractivity (Wildman–Crippen MR) is 109 cm³/mol. The van der Waals surface area contributed by atoms with Crippen molar-refractivity contribution in [3.63, 3.8) is 0 Å². The van der Waals surface area contributed by atoms with Gasteiger partial charge in [-0.1, -0.05) is 6.92 Å². The van der Waals surface area contributed by atoms with Crippen LogP contribution in [0.1, 0.15) is 26.7 Å². The van der Waals surface area contributed by atoms with Crippen LogP contribution in [0.4, 0.5) is 11.4 Å². The van der Waals surface area contributed by atoms with E-state index in [1.54, 1.807) is 38.3 Å². The van der Waals surface area contributed by atoms with Crippen molar-refractivity contribution in [3.05, 3.63) is 48.5 Å². The zero-order chi connectivity index (χ0) is 19.2. The Morgan fingerprint density at radius 3 is 2.22 bits per heavy atom. The molecule has 0 unspecified atom stereocenters. The Morgan fingerprint density at radius 2 is 1.63 bits per heavy atom. The molecule has 0 spiro atoms. The van der Waals surface area contributed by atoms with Gasteiger partial charge in [-0.3, -0.25) is 4.79 Å². The average Bonchev–Trinajstić information content (AvgIpc) is 2.70. The van der Waals surface area contributed by atoms with Crippen LogP contribution in [0.25, 0.3) is 0 Å². The number of nitrogens with zero attached hydrogens (tertiary/aromatic N) is 1. The first-order valence-corrected chi connectivity index (χ1v) is 9.51. The van der Waals surface area contributed by atoms with E-state index >= 15 is 0 Å². The number of nitrogens with one attached hydrogen (secondary N) is 1. The predicted octanol–water partition coefficient (Wildman–Crippen LogP) is 4.34. The zero-order valence-electron chi connectivity index (χ0n) is 16.3. The summed E-state index contributed by atoms with van der Waals surface area (Å²) < 4.78 is 10.8. The van der Waals surface area contributed by atoms with Crippen LogP contribution < -0.4 is 19.7 Å². The van der Waals surface area contributed by atoms with Crippen molar-refractivity contribution in [2.24, 2.45) is 5.92 Å². The topological polar surface area (TPSA) is 50.8 Å². The number of rotatable bonds is 6. The number of piperidine rings is 1. The average molecular weight is 368 g/mol. The maximum Gasteiger partial charge on any atom is 0.265 e. The lowest BCUT2D eigenvalue weighted by atomic mass is 9.99. The van der Waals surface area contributed by atoms with E-state index in [4.69, 9.17) is 9.47 Å². The van der Waals surface area contributed by atoms with Crippen LogP contribution in [0.2, 0.25) is 0 Å². The first-order valence-electron chi connectivity index (χ1n) is 9.51. The maximum absolute atomic E-state index is 12.4. The van der Waals surface area contributed by atoms with Gasteiger partial charge in [-0.05, 0) is 74.2 Å². The molecule has 1 aliphatic heterocycles. The molecule has 1 aliphatic rings. The summed E-state index contributed by atoms with van der Waals surface area (Å²) in [4.78, 5) is 14.8. The molecule has 2 aromatic carbocycles. The van der Waals surface area contributed by atoms with Crippen molar-refractivity contribution in [1.29, 1.82) is 0 Å². The van der Waals surface area contributed by atoms with Gasteiger partial charge in [0.25, 0.3) is 5.91 Å². The second-order valence-corrected chi connectivity index (χ2v) is 7.14. The van der Waals surface area contributed by atoms with Gasteiger partial charge in [-0.2, -0.15) is 0 Å². The third-order valence-electron chi connectivity index (χ3n) is 5.03. The fourth-order valence-electron chi connectivity index (χ4n) is 3.18. The molecule has 1 fully saturated rings. The number of carbonyl (C=O) groups excluding carboxylic acids is 1. The number of anilines is 2. The fourth-order valence-corrected chi connectivity index (χ4v) is 3.18. The van der Waals surface area contributed by atoms with Crippen LogP contribution in [-0.4, -0.2) is 32.2 Å². The highest BCUT2D eigenvalue weighted by molar-refractivity contribution is 5.94. The van der Waals surface area contributed by atoms with Crippen LogP contribution in [0.3, 0.4) is 0 Å². The molecule has 0 bridgehead atoms. The second-order valence-electron chi connectivity index (χ2n) is 7.14. The number of hydrogen-bond donors (Lipinski definition) is 1. The van der Waals surface area contributed by atoms with Crippen molar-refractivity contribution >= 4 is 17.3 Å². The Hall–Kier alpha value is -2.69. The number of carbonyl (C=O) groups is 1. The molecule has 0 aromatic heterocycles. The van der Waals surface area contributed by atoms with Gasteiger partial charge in [0.15, 0.2) is 6.10 Å². The summed E-state index contributed by atoms with van der Waals surface area (Å²) in [6, 6.07) is 15.2. The van der Waals surface area contributed by atoms with E-state index in [1.807, 2.05) is 12.1 Å². The minimum absolute atomic E-state index is 0.176. The van der Waals surface area contributed by atoms with E-state index in [2.05, 4.69) is 29.3 Å². The van der Waals surface area contributed by atoms with E-state index in [1.165, 1.54) is 18.5 Å². The minimum Gasteiger partial charge on any atom is -0.497 e. The smallest absolute Gasteiger partial charge is 0.265 e. The Balaban J connectivity index is 1.53. The van der Waals surface area contributed by atoms with Gasteiger partial charge in [-0.25, -0.2) is 0 Å². The summed E-state index contributed by atoms with van der Waals surface area (Å²) in [5.41, 5.74) is 1.99. The summed E-state index contributed by atoms with van der Waals surface area (Å²) >= 11 is 0. The van der Waals surface area contributed by atoms with E-state index < -0.39 is 6.10 Å². The standard InChI is InChI=1S/C22H28N2O3/c1-16-12-14-24(15-13-16)19-6-4-18(5-7-19)23-22(25)17(2)27-21-10-8-20(26-3)9-11-21/h4-11,16-17H,12-15H2,1-3H3,(H,23,25)/t17-/m1/s1. The van der Waals surface area contributed by atoms with Crippen LogP contribution >= 0.6 is 0 Å². The molecule has 3 rings (SSSR count). The van der Waals surface area contributed by atoms with Crippen LogP contribution in [0.15, 0.2) is 48.5 Å². The number of benzene rings is 2. The molecule has 1 saturated heterocycles. The summed E-state index contributed by atoms with van der Waals surface area (Å²) in [6.07, 6.45) is 1.87. The molecule has 1 heterocycles. The van der Waals surface area contributed by atoms with Crippen molar-refractivity contribution < 1.29 is 14.3 Å². The SMILES string of the molecule is COc1ccc(O[C@H](C)C(=O)Nc2ccc(N3CCC(C)CC3)cc2)cc1. The third-order valence-corrected chi connectivity index (χ3v) is 5.03. The summed E-state index contributed by atoms with van der Waals surface area (Å²) in [6.45, 7) is 6.24. The fraction of sp³-hybridized carbons (Fsp3) is 0.409. The third kappa shape index (κ3) is 5.16. The molecule has 144 valence electrons. The maximum atomic E-state index is 12.4. The van der Waals surface area contributed by atoms with Gasteiger partial charge in [-0.15, -0.1) is 0 Å². The van der Waals surface area contributed by atoms with Crippen molar-refractivity contribution in [2.45, 2.75) is 32.8 Å². The lowest BCUT2D eigenvalue weighted by molar-refractivity contribution is -0.122. The van der Waals surface area contributed by atoms with Gasteiger partial charge < -0.3 is 19.7 Å². The first-order chi connectivity index (χ1) is 13.0. The Morgan fingerprint density at radius 1 is 1.04 bits per heavy atom. The van der Waals surface area contributed by atoms with Crippen molar-refractivity contribution in [1.82, 2.24) is 0 Å². The number of methoxy groups -OCH3 is 1. The van der Waals surface area contributed by atoms with E-state index in [9.17, 15) is 4.79 Å². The van der Waals surface area contributed by atoms with Crippen molar-refractivity contribution in [2.75, 3.05) is 30.4 Å². The summed E-state index contributed by atoms with van der Waals surface area (Å²) in [5, 5.41) is 2.91. The molecular weight excluding hydrogens is 340 g/mol. The summed E-state index contributed by atoms with van der Waals surface area (Å²) in [7, 11) is 1.61. The van der Waals surface area contributed by atoms with Crippen molar-refractivity contribution in [3.8, 4) is 11.5 Å². The molecule has 2 aromatic rings. The summed E-state index contributed by atoms with van der Waals surface area (Å²) in [5.74, 6) is 2.02. The van der Waals surface area contributed by atoms with Gasteiger partial charge in [0.05, 0.1) is 7.11 Å². The number of hydrogen-bond acceptors (Lipinski definition) is 4. The lowest BCUT2D eigenvalue weighted by Crippen LogP contribution is -2.32. The highest BCUT2D eigenvalue weighted by Crippen LogP contribution is 2.24. The zero-order valence-corrected chi connectivity index (χ0v) is 16.3. The molecular formula is C22H28N2O3. The lowest BCUT2D eigenvalue weighted by Gasteiger charge is -2.32. The van der Waals surface area contributed by atoms with Crippen LogP contribution in [0, 0.1) is 5.92 Å². The molecule has 5 heteroatoms. The normalized spacial score (nSPS) is 15.9.